The van der Waals surface area contributed by atoms with Crippen LogP contribution in [0, 0.1) is 0 Å². The van der Waals surface area contributed by atoms with Gasteiger partial charge in [-0.1, -0.05) is 6.92 Å². The quantitative estimate of drug-likeness (QED) is 0.437. The van der Waals surface area contributed by atoms with E-state index in [9.17, 15) is 27.2 Å². The fourth-order valence-electron chi connectivity index (χ4n) is 2.50. The van der Waals surface area contributed by atoms with Crippen molar-refractivity contribution in [2.45, 2.75) is 25.7 Å². The van der Waals surface area contributed by atoms with Gasteiger partial charge >= 0.3 is 12.3 Å². The van der Waals surface area contributed by atoms with E-state index in [2.05, 4.69) is 4.98 Å². The van der Waals surface area contributed by atoms with Crippen molar-refractivity contribution in [3.63, 3.8) is 0 Å². The Kier molecular flexibility index (Phi) is 6.33. The number of Topliss-reactive ketones (excluding diaryl/α,β-unsaturated/α-hetero) is 1. The van der Waals surface area contributed by atoms with Gasteiger partial charge in [-0.25, -0.2) is 8.78 Å². The molecule has 1 aromatic heterocycles. The highest BCUT2D eigenvalue weighted by molar-refractivity contribution is 5.94. The van der Waals surface area contributed by atoms with Crippen LogP contribution in [0.25, 0.3) is 0 Å². The summed E-state index contributed by atoms with van der Waals surface area (Å²) in [4.78, 5) is 30.9. The molecule has 26 heavy (non-hydrogen) atoms. The monoisotopic (exact) mass is 373 g/mol. The highest BCUT2D eigenvalue weighted by atomic mass is 19.3. The minimum Gasteiger partial charge on any atom is -0.368 e. The Labute approximate surface area is 148 Å². The average molecular weight is 373 g/mol. The fourth-order valence-corrected chi connectivity index (χ4v) is 2.50. The molecule has 142 valence electrons. The number of pyridine rings is 1. The van der Waals surface area contributed by atoms with Crippen LogP contribution in [0.2, 0.25) is 0 Å². The predicted octanol–water partition coefficient (Wildman–Crippen LogP) is 2.78. The largest absolute Gasteiger partial charge is 0.368 e. The van der Waals surface area contributed by atoms with Gasteiger partial charge in [0.05, 0.1) is 0 Å². The minimum absolute atomic E-state index is 0.0577. The van der Waals surface area contributed by atoms with Crippen LogP contribution in [0.5, 0.6) is 0 Å². The number of halogens is 4. The number of anilines is 1. The molecule has 1 aliphatic heterocycles. The summed E-state index contributed by atoms with van der Waals surface area (Å²) < 4.78 is 49.9. The lowest BCUT2D eigenvalue weighted by molar-refractivity contribution is -0.126. The van der Waals surface area contributed by atoms with Crippen molar-refractivity contribution in [3.05, 3.63) is 36.2 Å². The van der Waals surface area contributed by atoms with E-state index in [1.807, 2.05) is 4.90 Å². The first-order valence-corrected chi connectivity index (χ1v) is 8.13. The molecule has 0 unspecified atom stereocenters. The van der Waals surface area contributed by atoms with E-state index >= 15 is 0 Å². The Morgan fingerprint density at radius 3 is 2.50 bits per heavy atom. The van der Waals surface area contributed by atoms with Gasteiger partial charge in [-0.3, -0.25) is 14.6 Å². The Morgan fingerprint density at radius 2 is 1.92 bits per heavy atom. The molecule has 2 heterocycles. The van der Waals surface area contributed by atoms with Crippen LogP contribution in [0.4, 0.5) is 23.2 Å². The SMILES string of the molecule is CCC(=O)c1cc(N2CCN(C(=O)/C=C/C(F)(F)C(F)F)CC2)ccn1. The molecule has 0 aliphatic carbocycles. The van der Waals surface area contributed by atoms with Gasteiger partial charge in [0.15, 0.2) is 5.78 Å². The Bertz CT molecular complexity index is 686. The molecule has 1 fully saturated rings. The lowest BCUT2D eigenvalue weighted by Gasteiger charge is -2.35. The third-order valence-electron chi connectivity index (χ3n) is 4.05. The molecule has 0 N–H and O–H groups in total. The number of piperazine rings is 1. The third-order valence-corrected chi connectivity index (χ3v) is 4.05. The maximum Gasteiger partial charge on any atom is 0.326 e. The summed E-state index contributed by atoms with van der Waals surface area (Å²) in [5.41, 5.74) is 1.14. The molecule has 2 rings (SSSR count). The molecule has 1 amide bonds. The highest BCUT2D eigenvalue weighted by Crippen LogP contribution is 2.24. The van der Waals surface area contributed by atoms with Gasteiger partial charge in [0.1, 0.15) is 5.69 Å². The fraction of sp³-hybridized carbons (Fsp3) is 0.471. The summed E-state index contributed by atoms with van der Waals surface area (Å²) >= 11 is 0. The van der Waals surface area contributed by atoms with Crippen LogP contribution < -0.4 is 4.90 Å². The second-order valence-electron chi connectivity index (χ2n) is 5.80. The van der Waals surface area contributed by atoms with E-state index in [-0.39, 0.29) is 24.9 Å². The summed E-state index contributed by atoms with van der Waals surface area (Å²) in [6.07, 6.45) is -1.54. The zero-order valence-electron chi connectivity index (χ0n) is 14.2. The second-order valence-corrected chi connectivity index (χ2v) is 5.80. The molecular formula is C17H19F4N3O2. The molecule has 0 radical (unpaired) electrons. The van der Waals surface area contributed by atoms with Crippen molar-refractivity contribution in [3.8, 4) is 0 Å². The van der Waals surface area contributed by atoms with Gasteiger partial charge in [-0.15, -0.1) is 0 Å². The number of ketones is 1. The van der Waals surface area contributed by atoms with E-state index in [4.69, 9.17) is 0 Å². The number of carbonyl (C=O) groups excluding carboxylic acids is 2. The molecule has 9 heteroatoms. The number of carbonyl (C=O) groups is 2. The van der Waals surface area contributed by atoms with Gasteiger partial charge in [-0.2, -0.15) is 8.78 Å². The lowest BCUT2D eigenvalue weighted by atomic mass is 10.2. The first-order chi connectivity index (χ1) is 12.2. The van der Waals surface area contributed by atoms with Crippen LogP contribution in [0.3, 0.4) is 0 Å². The van der Waals surface area contributed by atoms with Crippen molar-refractivity contribution < 1.29 is 27.2 Å². The van der Waals surface area contributed by atoms with Gasteiger partial charge < -0.3 is 9.80 Å². The number of alkyl halides is 4. The summed E-state index contributed by atoms with van der Waals surface area (Å²) in [6, 6.07) is 3.42. The smallest absolute Gasteiger partial charge is 0.326 e. The molecule has 1 aliphatic rings. The van der Waals surface area contributed by atoms with E-state index < -0.39 is 18.3 Å². The second kappa shape index (κ2) is 8.29. The zero-order chi connectivity index (χ0) is 19.3. The van der Waals surface area contributed by atoms with Crippen molar-refractivity contribution in [2.24, 2.45) is 0 Å². The number of hydrogen-bond acceptors (Lipinski definition) is 4. The Balaban J connectivity index is 1.96. The number of amides is 1. The maximum atomic E-state index is 12.8. The van der Waals surface area contributed by atoms with Crippen molar-refractivity contribution in [2.75, 3.05) is 31.1 Å². The summed E-state index contributed by atoms with van der Waals surface area (Å²) in [5.74, 6) is -5.14. The molecule has 0 aromatic carbocycles. The van der Waals surface area contributed by atoms with Crippen LogP contribution >= 0.6 is 0 Å². The number of rotatable bonds is 6. The van der Waals surface area contributed by atoms with E-state index in [1.165, 1.54) is 11.1 Å². The van der Waals surface area contributed by atoms with Gasteiger partial charge in [0.2, 0.25) is 5.91 Å². The number of nitrogens with zero attached hydrogens (tertiary/aromatic N) is 3. The standard InChI is InChI=1S/C17H19F4N3O2/c1-2-14(25)13-11-12(4-6-22-13)23-7-9-24(10-8-23)15(26)3-5-17(20,21)16(18)19/h3-6,11,16H,2,7-10H2,1H3/b5-3+. The minimum atomic E-state index is -4.32. The summed E-state index contributed by atoms with van der Waals surface area (Å²) in [6.45, 7) is 3.10. The van der Waals surface area contributed by atoms with E-state index in [1.54, 1.807) is 19.1 Å². The van der Waals surface area contributed by atoms with Crippen LogP contribution in [0.15, 0.2) is 30.5 Å². The first-order valence-electron chi connectivity index (χ1n) is 8.13. The third kappa shape index (κ3) is 4.80. The number of hydrogen-bond donors (Lipinski definition) is 0. The number of allylic oxidation sites excluding steroid dienone is 1. The Morgan fingerprint density at radius 1 is 1.27 bits per heavy atom. The molecular weight excluding hydrogens is 354 g/mol. The normalized spacial score (nSPS) is 15.8. The number of aromatic nitrogens is 1. The topological polar surface area (TPSA) is 53.5 Å². The molecule has 1 saturated heterocycles. The van der Waals surface area contributed by atoms with Crippen LogP contribution in [-0.4, -0.2) is 60.1 Å². The predicted molar refractivity (Wildman–Crippen MR) is 87.7 cm³/mol. The van der Waals surface area contributed by atoms with Crippen LogP contribution in [0.1, 0.15) is 23.8 Å². The van der Waals surface area contributed by atoms with E-state index in [0.29, 0.717) is 31.3 Å². The van der Waals surface area contributed by atoms with Gasteiger partial charge in [0, 0.05) is 50.6 Å². The van der Waals surface area contributed by atoms with Gasteiger partial charge in [0.25, 0.3) is 0 Å². The lowest BCUT2D eigenvalue weighted by Crippen LogP contribution is -2.48. The van der Waals surface area contributed by atoms with Crippen LogP contribution in [-0.2, 0) is 4.79 Å². The molecule has 0 bridgehead atoms. The molecule has 5 nitrogen and oxygen atoms in total. The van der Waals surface area contributed by atoms with Gasteiger partial charge in [-0.05, 0) is 18.2 Å². The first kappa shape index (κ1) is 19.9. The molecule has 0 spiro atoms. The van der Waals surface area contributed by atoms with Crippen molar-refractivity contribution in [1.82, 2.24) is 9.88 Å². The highest BCUT2D eigenvalue weighted by Gasteiger charge is 2.38. The molecule has 0 saturated carbocycles. The zero-order valence-corrected chi connectivity index (χ0v) is 14.2. The van der Waals surface area contributed by atoms with E-state index in [0.717, 1.165) is 5.69 Å². The Hall–Kier alpha value is -2.45. The van der Waals surface area contributed by atoms with Crippen molar-refractivity contribution in [1.29, 1.82) is 0 Å². The molecule has 1 aromatic rings. The summed E-state index contributed by atoms with van der Waals surface area (Å²) in [7, 11) is 0. The summed E-state index contributed by atoms with van der Waals surface area (Å²) in [5, 5.41) is 0. The van der Waals surface area contributed by atoms with Crippen molar-refractivity contribution >= 4 is 17.4 Å². The molecule has 0 atom stereocenters. The maximum absolute atomic E-state index is 12.8. The average Bonchev–Trinajstić information content (AvgIpc) is 2.65.